The van der Waals surface area contributed by atoms with Crippen molar-refractivity contribution in [2.24, 2.45) is 5.92 Å². The molecule has 3 rings (SSSR count). The highest BCUT2D eigenvalue weighted by atomic mass is 32.2. The van der Waals surface area contributed by atoms with E-state index in [2.05, 4.69) is 5.32 Å². The second-order valence-electron chi connectivity index (χ2n) is 8.66. The van der Waals surface area contributed by atoms with Crippen LogP contribution in [0.3, 0.4) is 0 Å². The lowest BCUT2D eigenvalue weighted by atomic mass is 9.81. The van der Waals surface area contributed by atoms with Crippen molar-refractivity contribution < 1.29 is 26.8 Å². The van der Waals surface area contributed by atoms with Crippen molar-refractivity contribution in [3.8, 4) is 0 Å². The van der Waals surface area contributed by atoms with Gasteiger partial charge in [0.2, 0.25) is 21.8 Å². The van der Waals surface area contributed by atoms with E-state index in [9.17, 15) is 26.8 Å². The van der Waals surface area contributed by atoms with E-state index in [4.69, 9.17) is 0 Å². The maximum absolute atomic E-state index is 13.6. The lowest BCUT2D eigenvalue weighted by Crippen LogP contribution is -2.73. The lowest BCUT2D eigenvalue weighted by Gasteiger charge is -2.51. The quantitative estimate of drug-likeness (QED) is 0.710. The van der Waals surface area contributed by atoms with Gasteiger partial charge in [-0.2, -0.15) is 4.31 Å². The fourth-order valence-corrected chi connectivity index (χ4v) is 5.89. The molecule has 0 radical (unpaired) electrons. The third-order valence-corrected chi connectivity index (χ3v) is 7.94. The molecule has 1 N–H and O–H groups in total. The van der Waals surface area contributed by atoms with E-state index >= 15 is 0 Å². The van der Waals surface area contributed by atoms with Crippen molar-refractivity contribution >= 4 is 21.8 Å². The fraction of sp³-hybridized carbons (Fsp3) is 0.619. The average Bonchev–Trinajstić information content (AvgIpc) is 2.71. The van der Waals surface area contributed by atoms with Crippen LogP contribution in [0.25, 0.3) is 0 Å². The number of carbonyl (C=O) groups is 2. The van der Waals surface area contributed by atoms with Crippen LogP contribution in [-0.2, 0) is 19.6 Å². The Morgan fingerprint density at radius 3 is 2.35 bits per heavy atom. The van der Waals surface area contributed by atoms with Crippen LogP contribution in [0, 0.1) is 17.6 Å². The number of carbonyl (C=O) groups excluding carboxylic acids is 2. The topological polar surface area (TPSA) is 86.8 Å². The Labute approximate surface area is 181 Å². The first-order chi connectivity index (χ1) is 14.5. The Balaban J connectivity index is 1.83. The molecule has 0 aliphatic carbocycles. The Morgan fingerprint density at radius 1 is 1.16 bits per heavy atom. The summed E-state index contributed by atoms with van der Waals surface area (Å²) in [5.74, 6) is -2.52. The average molecular weight is 458 g/mol. The van der Waals surface area contributed by atoms with E-state index in [1.807, 2.05) is 20.8 Å². The number of halogens is 2. The summed E-state index contributed by atoms with van der Waals surface area (Å²) in [4.78, 5) is 27.6. The molecule has 1 atom stereocenters. The van der Waals surface area contributed by atoms with E-state index < -0.39 is 33.2 Å². The Hall–Kier alpha value is -2.07. The largest absolute Gasteiger partial charge is 0.342 e. The molecule has 31 heavy (non-hydrogen) atoms. The third kappa shape index (κ3) is 4.32. The molecular formula is C21H29F2N3O4S. The molecule has 172 valence electrons. The number of nitrogens with zero attached hydrogens (tertiary/aromatic N) is 2. The summed E-state index contributed by atoms with van der Waals surface area (Å²) in [7, 11) is -4.05. The van der Waals surface area contributed by atoms with Crippen molar-refractivity contribution in [1.29, 1.82) is 0 Å². The van der Waals surface area contributed by atoms with Crippen LogP contribution in [0.5, 0.6) is 0 Å². The minimum absolute atomic E-state index is 0.00289. The molecule has 0 aromatic heterocycles. The second-order valence-corrected chi connectivity index (χ2v) is 10.6. The summed E-state index contributed by atoms with van der Waals surface area (Å²) < 4.78 is 53.7. The smallest absolute Gasteiger partial charge is 0.246 e. The van der Waals surface area contributed by atoms with Crippen LogP contribution >= 0.6 is 0 Å². The number of hydrogen-bond acceptors (Lipinski definition) is 4. The maximum atomic E-state index is 13.6. The van der Waals surface area contributed by atoms with E-state index in [0.717, 1.165) is 16.4 Å². The zero-order chi connectivity index (χ0) is 23.0. The Morgan fingerprint density at radius 2 is 1.81 bits per heavy atom. The third-order valence-electron chi connectivity index (χ3n) is 6.04. The molecule has 2 amide bonds. The van der Waals surface area contributed by atoms with Crippen LogP contribution in [-0.4, -0.2) is 60.7 Å². The predicted molar refractivity (Wildman–Crippen MR) is 110 cm³/mol. The molecule has 0 saturated carbocycles. The molecule has 2 aliphatic heterocycles. The van der Waals surface area contributed by atoms with Gasteiger partial charge in [-0.05, 0) is 49.8 Å². The van der Waals surface area contributed by atoms with Crippen molar-refractivity contribution in [2.45, 2.75) is 62.9 Å². The van der Waals surface area contributed by atoms with E-state index in [0.29, 0.717) is 25.5 Å². The molecule has 2 heterocycles. The zero-order valence-electron chi connectivity index (χ0n) is 18.0. The van der Waals surface area contributed by atoms with Gasteiger partial charge in [0.05, 0.1) is 4.90 Å². The zero-order valence-corrected chi connectivity index (χ0v) is 18.8. The first-order valence-electron chi connectivity index (χ1n) is 10.6. The molecule has 2 fully saturated rings. The SMILES string of the molecule is CCCN1C(=O)C(CC(C)C)NC(=O)C12CCN(S(=O)(=O)c1ccc(F)c(F)c1)CC2. The summed E-state index contributed by atoms with van der Waals surface area (Å²) in [6, 6.07) is 1.88. The number of amides is 2. The second kappa shape index (κ2) is 8.82. The highest BCUT2D eigenvalue weighted by molar-refractivity contribution is 7.89. The van der Waals surface area contributed by atoms with E-state index in [1.165, 1.54) is 0 Å². The minimum Gasteiger partial charge on any atom is -0.342 e. The number of rotatable bonds is 6. The molecule has 7 nitrogen and oxygen atoms in total. The molecule has 0 bridgehead atoms. The lowest BCUT2D eigenvalue weighted by molar-refractivity contribution is -0.160. The molecule has 2 aliphatic rings. The highest BCUT2D eigenvalue weighted by Gasteiger charge is 2.54. The first-order valence-corrected chi connectivity index (χ1v) is 12.0. The number of nitrogens with one attached hydrogen (secondary N) is 1. The molecule has 1 aromatic carbocycles. The van der Waals surface area contributed by atoms with Crippen LogP contribution in [0.4, 0.5) is 8.78 Å². The molecule has 10 heteroatoms. The molecule has 1 unspecified atom stereocenters. The van der Waals surface area contributed by atoms with Gasteiger partial charge in [0, 0.05) is 19.6 Å². The van der Waals surface area contributed by atoms with Gasteiger partial charge in [0.25, 0.3) is 0 Å². The van der Waals surface area contributed by atoms with Crippen LogP contribution in [0.2, 0.25) is 0 Å². The van der Waals surface area contributed by atoms with Crippen LogP contribution < -0.4 is 5.32 Å². The fourth-order valence-electron chi connectivity index (χ4n) is 4.43. The summed E-state index contributed by atoms with van der Waals surface area (Å²) >= 11 is 0. The van der Waals surface area contributed by atoms with E-state index in [-0.39, 0.29) is 48.6 Å². The van der Waals surface area contributed by atoms with Gasteiger partial charge >= 0.3 is 0 Å². The van der Waals surface area contributed by atoms with E-state index in [1.54, 1.807) is 4.90 Å². The van der Waals surface area contributed by atoms with Gasteiger partial charge < -0.3 is 10.2 Å². The number of benzene rings is 1. The van der Waals surface area contributed by atoms with Crippen molar-refractivity contribution in [1.82, 2.24) is 14.5 Å². The van der Waals surface area contributed by atoms with Crippen molar-refractivity contribution in [3.63, 3.8) is 0 Å². The molecular weight excluding hydrogens is 428 g/mol. The number of piperazine rings is 1. The summed E-state index contributed by atoms with van der Waals surface area (Å²) in [5.41, 5.74) is -1.10. The van der Waals surface area contributed by atoms with Crippen LogP contribution in [0.1, 0.15) is 46.5 Å². The Bertz CT molecular complexity index is 959. The van der Waals surface area contributed by atoms with Crippen LogP contribution in [0.15, 0.2) is 23.1 Å². The molecule has 2 saturated heterocycles. The number of hydrogen-bond donors (Lipinski definition) is 1. The highest BCUT2D eigenvalue weighted by Crippen LogP contribution is 2.35. The summed E-state index contributed by atoms with van der Waals surface area (Å²) in [6.07, 6.45) is 1.49. The molecule has 1 aromatic rings. The van der Waals surface area contributed by atoms with Crippen molar-refractivity contribution in [3.05, 3.63) is 29.8 Å². The van der Waals surface area contributed by atoms with Gasteiger partial charge in [-0.1, -0.05) is 20.8 Å². The van der Waals surface area contributed by atoms with Gasteiger partial charge in [0.1, 0.15) is 11.6 Å². The standard InChI is InChI=1S/C21H29F2N3O4S/c1-4-9-26-19(27)18(12-14(2)3)24-20(28)21(26)7-10-25(11-8-21)31(29,30)15-5-6-16(22)17(23)13-15/h5-6,13-14,18H,4,7-12H2,1-3H3,(H,24,28). The number of sulfonamides is 1. The summed E-state index contributed by atoms with van der Waals surface area (Å²) in [6.45, 7) is 6.30. The maximum Gasteiger partial charge on any atom is 0.246 e. The summed E-state index contributed by atoms with van der Waals surface area (Å²) in [5, 5.41) is 2.86. The number of piperidine rings is 1. The van der Waals surface area contributed by atoms with Gasteiger partial charge in [-0.25, -0.2) is 17.2 Å². The minimum atomic E-state index is -4.05. The first kappa shape index (κ1) is 23.6. The van der Waals surface area contributed by atoms with Crippen molar-refractivity contribution in [2.75, 3.05) is 19.6 Å². The van der Waals surface area contributed by atoms with Gasteiger partial charge in [-0.3, -0.25) is 9.59 Å². The normalized spacial score (nSPS) is 22.3. The Kier molecular flexibility index (Phi) is 6.71. The van der Waals surface area contributed by atoms with Gasteiger partial charge in [0.15, 0.2) is 11.6 Å². The van der Waals surface area contributed by atoms with Gasteiger partial charge in [-0.15, -0.1) is 0 Å². The monoisotopic (exact) mass is 457 g/mol. The predicted octanol–water partition coefficient (Wildman–Crippen LogP) is 2.27. The molecule has 1 spiro atoms.